The molecule has 0 amide bonds. The summed E-state index contributed by atoms with van der Waals surface area (Å²) in [6.45, 7) is -1.15. The summed E-state index contributed by atoms with van der Waals surface area (Å²) in [4.78, 5) is 0. The van der Waals surface area contributed by atoms with Gasteiger partial charge in [-0.1, -0.05) is 6.08 Å². The van der Waals surface area contributed by atoms with Crippen LogP contribution < -0.4 is 0 Å². The van der Waals surface area contributed by atoms with Crippen molar-refractivity contribution in [2.75, 3.05) is 0 Å². The van der Waals surface area contributed by atoms with Gasteiger partial charge in [-0.05, 0) is 25.0 Å². The van der Waals surface area contributed by atoms with E-state index in [1.165, 1.54) is 6.08 Å². The molecule has 1 aliphatic carbocycles. The lowest BCUT2D eigenvalue weighted by Gasteiger charge is -2.15. The van der Waals surface area contributed by atoms with Gasteiger partial charge in [0.25, 0.3) is 0 Å². The summed E-state index contributed by atoms with van der Waals surface area (Å²) in [7, 11) is 0. The molecule has 0 spiro atoms. The van der Waals surface area contributed by atoms with Crippen molar-refractivity contribution in [1.29, 1.82) is 5.26 Å². The average Bonchev–Trinajstić information content (AvgIpc) is 2.08. The van der Waals surface area contributed by atoms with E-state index in [-0.39, 0.29) is 11.7 Å². The van der Waals surface area contributed by atoms with Gasteiger partial charge >= 0.3 is 6.61 Å². The highest BCUT2D eigenvalue weighted by atomic mass is 19.3. The zero-order valence-electron chi connectivity index (χ0n) is 7.13. The topological polar surface area (TPSA) is 33.0 Å². The van der Waals surface area contributed by atoms with Crippen LogP contribution in [0.2, 0.25) is 0 Å². The number of allylic oxidation sites excluding steroid dienone is 3. The summed E-state index contributed by atoms with van der Waals surface area (Å²) in [5.41, 5.74) is 0.595. The van der Waals surface area contributed by atoms with Crippen LogP contribution in [-0.2, 0) is 4.74 Å². The van der Waals surface area contributed by atoms with Gasteiger partial charge in [-0.2, -0.15) is 14.0 Å². The molecule has 0 aromatic heterocycles. The van der Waals surface area contributed by atoms with Gasteiger partial charge in [-0.15, -0.1) is 0 Å². The minimum Gasteiger partial charge on any atom is -0.435 e. The maximum Gasteiger partial charge on any atom is 0.387 e. The van der Waals surface area contributed by atoms with Crippen molar-refractivity contribution in [3.8, 4) is 6.07 Å². The van der Waals surface area contributed by atoms with Gasteiger partial charge in [0.1, 0.15) is 5.76 Å². The first-order chi connectivity index (χ1) is 6.13. The van der Waals surface area contributed by atoms with Crippen molar-refractivity contribution in [2.45, 2.75) is 20.0 Å². The largest absolute Gasteiger partial charge is 0.435 e. The van der Waals surface area contributed by atoms with E-state index in [4.69, 9.17) is 5.26 Å². The van der Waals surface area contributed by atoms with Gasteiger partial charge in [-0.3, -0.25) is 0 Å². The summed E-state index contributed by atoms with van der Waals surface area (Å²) >= 11 is 0. The van der Waals surface area contributed by atoms with Crippen LogP contribution in [0.4, 0.5) is 8.78 Å². The van der Waals surface area contributed by atoms with Crippen LogP contribution >= 0.6 is 0 Å². The maximum absolute atomic E-state index is 11.8. The summed E-state index contributed by atoms with van der Waals surface area (Å²) in [6, 6.07) is 2.04. The molecule has 0 fully saturated rings. The molecule has 1 rings (SSSR count). The summed E-state index contributed by atoms with van der Waals surface area (Å²) < 4.78 is 27.9. The molecule has 0 saturated heterocycles. The number of nitriles is 1. The minimum atomic E-state index is -2.80. The van der Waals surface area contributed by atoms with Crippen LogP contribution in [0, 0.1) is 17.2 Å². The van der Waals surface area contributed by atoms with Gasteiger partial charge in [0.05, 0.1) is 12.0 Å². The van der Waals surface area contributed by atoms with Crippen LogP contribution in [0.3, 0.4) is 0 Å². The molecule has 0 bridgehead atoms. The summed E-state index contributed by atoms with van der Waals surface area (Å²) in [6.07, 6.45) is 3.60. The molecule has 13 heavy (non-hydrogen) atoms. The SMILES string of the molecule is CC1=CC(C#N)CC=C1OC(F)F. The Bertz CT molecular complexity index is 288. The van der Waals surface area contributed by atoms with Gasteiger partial charge in [-0.25, -0.2) is 0 Å². The first-order valence-electron chi connectivity index (χ1n) is 3.87. The lowest BCUT2D eigenvalue weighted by atomic mass is 9.97. The van der Waals surface area contributed by atoms with Crippen molar-refractivity contribution in [1.82, 2.24) is 0 Å². The minimum absolute atomic E-state index is 0.182. The predicted octanol–water partition coefficient (Wildman–Crippen LogP) is 2.60. The Labute approximate surface area is 75.1 Å². The van der Waals surface area contributed by atoms with E-state index >= 15 is 0 Å². The molecule has 0 aromatic rings. The summed E-state index contributed by atoms with van der Waals surface area (Å²) in [5, 5.41) is 8.56. The number of nitrogens with zero attached hydrogens (tertiary/aromatic N) is 1. The molecular formula is C9H9F2NO. The second-order valence-corrected chi connectivity index (χ2v) is 2.77. The Morgan fingerprint density at radius 1 is 1.69 bits per heavy atom. The monoisotopic (exact) mass is 185 g/mol. The third-order valence-corrected chi connectivity index (χ3v) is 1.78. The number of alkyl halides is 2. The quantitative estimate of drug-likeness (QED) is 0.662. The lowest BCUT2D eigenvalue weighted by molar-refractivity contribution is -0.0939. The van der Waals surface area contributed by atoms with Crippen molar-refractivity contribution in [3.05, 3.63) is 23.5 Å². The van der Waals surface area contributed by atoms with Gasteiger partial charge in [0.15, 0.2) is 0 Å². The first-order valence-corrected chi connectivity index (χ1v) is 3.87. The second-order valence-electron chi connectivity index (χ2n) is 2.77. The highest BCUT2D eigenvalue weighted by molar-refractivity contribution is 5.30. The van der Waals surface area contributed by atoms with E-state index in [1.54, 1.807) is 13.0 Å². The van der Waals surface area contributed by atoms with Gasteiger partial charge in [0.2, 0.25) is 0 Å². The number of rotatable bonds is 2. The zero-order chi connectivity index (χ0) is 9.84. The van der Waals surface area contributed by atoms with Crippen molar-refractivity contribution < 1.29 is 13.5 Å². The van der Waals surface area contributed by atoms with E-state index in [9.17, 15) is 8.78 Å². The molecule has 0 radical (unpaired) electrons. The van der Waals surface area contributed by atoms with E-state index in [2.05, 4.69) is 4.74 Å². The Morgan fingerprint density at radius 2 is 2.38 bits per heavy atom. The fourth-order valence-electron chi connectivity index (χ4n) is 1.17. The van der Waals surface area contributed by atoms with Crippen molar-refractivity contribution in [2.24, 2.45) is 5.92 Å². The molecule has 0 heterocycles. The third kappa shape index (κ3) is 2.55. The molecule has 0 aromatic carbocycles. The second kappa shape index (κ2) is 4.04. The molecule has 1 aliphatic rings. The Hall–Kier alpha value is -1.37. The molecule has 2 nitrogen and oxygen atoms in total. The zero-order valence-corrected chi connectivity index (χ0v) is 7.13. The number of halogens is 2. The molecule has 0 aliphatic heterocycles. The fraction of sp³-hybridized carbons (Fsp3) is 0.444. The highest BCUT2D eigenvalue weighted by Crippen LogP contribution is 2.24. The fourth-order valence-corrected chi connectivity index (χ4v) is 1.17. The van der Waals surface area contributed by atoms with Crippen LogP contribution in [0.5, 0.6) is 0 Å². The smallest absolute Gasteiger partial charge is 0.387 e. The molecule has 0 N–H and O–H groups in total. The Morgan fingerprint density at radius 3 is 2.85 bits per heavy atom. The van der Waals surface area contributed by atoms with Crippen LogP contribution in [0.25, 0.3) is 0 Å². The molecule has 0 saturated carbocycles. The highest BCUT2D eigenvalue weighted by Gasteiger charge is 2.15. The third-order valence-electron chi connectivity index (χ3n) is 1.78. The average molecular weight is 185 g/mol. The van der Waals surface area contributed by atoms with E-state index in [1.807, 2.05) is 6.07 Å². The number of ether oxygens (including phenoxy) is 1. The normalized spacial score (nSPS) is 21.9. The van der Waals surface area contributed by atoms with Crippen LogP contribution in [0.1, 0.15) is 13.3 Å². The number of hydrogen-bond acceptors (Lipinski definition) is 2. The Kier molecular flexibility index (Phi) is 3.02. The molecular weight excluding hydrogens is 176 g/mol. The molecule has 4 heteroatoms. The van der Waals surface area contributed by atoms with E-state index in [0.717, 1.165) is 0 Å². The van der Waals surface area contributed by atoms with Gasteiger partial charge in [0, 0.05) is 0 Å². The molecule has 1 unspecified atom stereocenters. The van der Waals surface area contributed by atoms with E-state index in [0.29, 0.717) is 12.0 Å². The Balaban J connectivity index is 2.67. The molecule has 70 valence electrons. The van der Waals surface area contributed by atoms with Crippen LogP contribution in [-0.4, -0.2) is 6.61 Å². The molecule has 1 atom stereocenters. The number of hydrogen-bond donors (Lipinski definition) is 0. The summed E-state index contributed by atoms with van der Waals surface area (Å²) in [5.74, 6) is -0.0356. The van der Waals surface area contributed by atoms with Crippen molar-refractivity contribution >= 4 is 0 Å². The lowest BCUT2D eigenvalue weighted by Crippen LogP contribution is -2.06. The first kappa shape index (κ1) is 9.72. The van der Waals surface area contributed by atoms with E-state index < -0.39 is 6.61 Å². The standard InChI is InChI=1S/C9H9F2NO/c1-6-4-7(5-12)2-3-8(6)13-9(10)11/h3-4,7,9H,2H2,1H3. The predicted molar refractivity (Wildman–Crippen MR) is 42.6 cm³/mol. The van der Waals surface area contributed by atoms with Crippen molar-refractivity contribution in [3.63, 3.8) is 0 Å². The maximum atomic E-state index is 11.8. The van der Waals surface area contributed by atoms with Gasteiger partial charge < -0.3 is 4.74 Å². The van der Waals surface area contributed by atoms with Crippen LogP contribution in [0.15, 0.2) is 23.5 Å².